The smallest absolute Gasteiger partial charge is 0.313 e. The third-order valence-corrected chi connectivity index (χ3v) is 5.42. The average molecular weight is 410 g/mol. The summed E-state index contributed by atoms with van der Waals surface area (Å²) in [6, 6.07) is 18.6. The van der Waals surface area contributed by atoms with Gasteiger partial charge in [0.2, 0.25) is 0 Å². The minimum Gasteiger partial charge on any atom is -0.463 e. The molecular weight excluding hydrogens is 395 g/mol. The Hall–Kier alpha value is -3.45. The van der Waals surface area contributed by atoms with Gasteiger partial charge in [0.1, 0.15) is 29.2 Å². The maximum atomic E-state index is 13.3. The lowest BCUT2D eigenvalue weighted by Crippen LogP contribution is -2.12. The summed E-state index contributed by atoms with van der Waals surface area (Å²) in [7, 11) is -4.02. The Morgan fingerprint density at radius 2 is 1.72 bits per heavy atom. The number of rotatable bonds is 5. The van der Waals surface area contributed by atoms with Crippen molar-refractivity contribution in [2.45, 2.75) is 5.75 Å². The molecule has 3 aromatic carbocycles. The fourth-order valence-corrected chi connectivity index (χ4v) is 4.03. The summed E-state index contributed by atoms with van der Waals surface area (Å²) in [4.78, 5) is 12.7. The second kappa shape index (κ2) is 7.52. The SMILES string of the molecule is O=c1c(-c2ccccc2)coc2cc(OS(=O)(=O)Cc3cccc(F)c3)ccc12. The van der Waals surface area contributed by atoms with Crippen LogP contribution in [0.15, 0.2) is 88.3 Å². The molecule has 1 heterocycles. The Bertz CT molecular complexity index is 1340. The summed E-state index contributed by atoms with van der Waals surface area (Å²) in [6.07, 6.45) is 1.34. The molecule has 29 heavy (non-hydrogen) atoms. The van der Waals surface area contributed by atoms with E-state index in [1.807, 2.05) is 18.2 Å². The molecule has 0 fully saturated rings. The first-order valence-corrected chi connectivity index (χ1v) is 10.3. The first-order valence-electron chi connectivity index (χ1n) is 8.69. The Morgan fingerprint density at radius 3 is 2.48 bits per heavy atom. The summed E-state index contributed by atoms with van der Waals surface area (Å²) in [5.74, 6) is -1.01. The molecular formula is C22H15FO5S. The van der Waals surface area contributed by atoms with Crippen LogP contribution in [0.1, 0.15) is 5.56 Å². The average Bonchev–Trinajstić information content (AvgIpc) is 2.68. The van der Waals surface area contributed by atoms with E-state index >= 15 is 0 Å². The van der Waals surface area contributed by atoms with Crippen LogP contribution in [0.3, 0.4) is 0 Å². The van der Waals surface area contributed by atoms with Crippen molar-refractivity contribution in [1.29, 1.82) is 0 Å². The van der Waals surface area contributed by atoms with Crippen molar-refractivity contribution in [2.75, 3.05) is 0 Å². The molecule has 7 heteroatoms. The van der Waals surface area contributed by atoms with Crippen molar-refractivity contribution in [3.63, 3.8) is 0 Å². The predicted octanol–water partition coefficient (Wildman–Crippen LogP) is 4.51. The zero-order valence-corrected chi connectivity index (χ0v) is 15.9. The number of halogens is 1. The fraction of sp³-hybridized carbons (Fsp3) is 0.0455. The van der Waals surface area contributed by atoms with E-state index in [4.69, 9.17) is 8.60 Å². The molecule has 0 atom stereocenters. The zero-order valence-electron chi connectivity index (χ0n) is 15.0. The quantitative estimate of drug-likeness (QED) is 0.453. The summed E-state index contributed by atoms with van der Waals surface area (Å²) >= 11 is 0. The van der Waals surface area contributed by atoms with Crippen LogP contribution in [0.25, 0.3) is 22.1 Å². The van der Waals surface area contributed by atoms with Crippen molar-refractivity contribution in [3.8, 4) is 16.9 Å². The third-order valence-electron chi connectivity index (χ3n) is 4.29. The molecule has 0 radical (unpaired) electrons. The van der Waals surface area contributed by atoms with E-state index in [-0.39, 0.29) is 22.3 Å². The first-order chi connectivity index (χ1) is 13.9. The number of fused-ring (bicyclic) bond motifs is 1. The van der Waals surface area contributed by atoms with Crippen molar-refractivity contribution < 1.29 is 21.4 Å². The van der Waals surface area contributed by atoms with Crippen LogP contribution in [0.4, 0.5) is 4.39 Å². The van der Waals surface area contributed by atoms with E-state index in [9.17, 15) is 17.6 Å². The van der Waals surface area contributed by atoms with Gasteiger partial charge in [-0.15, -0.1) is 0 Å². The van der Waals surface area contributed by atoms with Crippen LogP contribution in [0.2, 0.25) is 0 Å². The van der Waals surface area contributed by atoms with Crippen LogP contribution in [-0.2, 0) is 15.9 Å². The second-order valence-corrected chi connectivity index (χ2v) is 7.99. The molecule has 5 nitrogen and oxygen atoms in total. The van der Waals surface area contributed by atoms with E-state index in [2.05, 4.69) is 0 Å². The van der Waals surface area contributed by atoms with Gasteiger partial charge >= 0.3 is 10.1 Å². The van der Waals surface area contributed by atoms with Gasteiger partial charge in [0.25, 0.3) is 0 Å². The normalized spacial score (nSPS) is 11.5. The zero-order chi connectivity index (χ0) is 20.4. The van der Waals surface area contributed by atoms with E-state index in [1.165, 1.54) is 42.7 Å². The van der Waals surface area contributed by atoms with Crippen molar-refractivity contribution >= 4 is 21.1 Å². The minimum absolute atomic E-state index is 0.00418. The van der Waals surface area contributed by atoms with Gasteiger partial charge in [-0.3, -0.25) is 4.79 Å². The Labute approximate surface area is 166 Å². The molecule has 0 saturated carbocycles. The third kappa shape index (κ3) is 4.20. The van der Waals surface area contributed by atoms with Crippen LogP contribution >= 0.6 is 0 Å². The van der Waals surface area contributed by atoms with Crippen molar-refractivity contribution in [1.82, 2.24) is 0 Å². The highest BCUT2D eigenvalue weighted by molar-refractivity contribution is 7.86. The Kier molecular flexibility index (Phi) is 4.90. The van der Waals surface area contributed by atoms with Crippen LogP contribution < -0.4 is 9.61 Å². The van der Waals surface area contributed by atoms with Crippen molar-refractivity contribution in [2.24, 2.45) is 0 Å². The Balaban J connectivity index is 1.63. The van der Waals surface area contributed by atoms with Gasteiger partial charge < -0.3 is 8.60 Å². The highest BCUT2D eigenvalue weighted by atomic mass is 32.2. The molecule has 0 N–H and O–H groups in total. The molecule has 0 spiro atoms. The molecule has 4 aromatic rings. The van der Waals surface area contributed by atoms with Crippen LogP contribution in [0.5, 0.6) is 5.75 Å². The molecule has 0 saturated heterocycles. The molecule has 4 rings (SSSR count). The topological polar surface area (TPSA) is 73.6 Å². The van der Waals surface area contributed by atoms with Gasteiger partial charge in [0, 0.05) is 6.07 Å². The molecule has 1 aromatic heterocycles. The van der Waals surface area contributed by atoms with Gasteiger partial charge in [0.15, 0.2) is 5.43 Å². The monoisotopic (exact) mass is 410 g/mol. The van der Waals surface area contributed by atoms with Gasteiger partial charge in [-0.25, -0.2) is 4.39 Å². The lowest BCUT2D eigenvalue weighted by atomic mass is 10.1. The van der Waals surface area contributed by atoms with Gasteiger partial charge in [-0.2, -0.15) is 8.42 Å². The number of benzene rings is 3. The molecule has 0 bridgehead atoms. The highest BCUT2D eigenvalue weighted by Crippen LogP contribution is 2.24. The molecule has 0 aliphatic heterocycles. The van der Waals surface area contributed by atoms with Gasteiger partial charge in [0.05, 0.1) is 10.9 Å². The van der Waals surface area contributed by atoms with Crippen LogP contribution in [-0.4, -0.2) is 8.42 Å². The maximum absolute atomic E-state index is 13.3. The highest BCUT2D eigenvalue weighted by Gasteiger charge is 2.16. The van der Waals surface area contributed by atoms with E-state index < -0.39 is 21.7 Å². The lowest BCUT2D eigenvalue weighted by Gasteiger charge is -2.08. The second-order valence-electron chi connectivity index (χ2n) is 6.42. The summed E-state index contributed by atoms with van der Waals surface area (Å²) < 4.78 is 48.5. The first kappa shape index (κ1) is 18.9. The van der Waals surface area contributed by atoms with Gasteiger partial charge in [-0.1, -0.05) is 42.5 Å². The molecule has 146 valence electrons. The van der Waals surface area contributed by atoms with E-state index in [0.29, 0.717) is 10.9 Å². The largest absolute Gasteiger partial charge is 0.463 e. The molecule has 0 aliphatic carbocycles. The molecule has 0 unspecified atom stereocenters. The van der Waals surface area contributed by atoms with Crippen molar-refractivity contribution in [3.05, 3.63) is 101 Å². The number of hydrogen-bond acceptors (Lipinski definition) is 5. The summed E-state index contributed by atoms with van der Waals surface area (Å²) in [5.41, 5.74) is 1.37. The maximum Gasteiger partial charge on any atom is 0.313 e. The Morgan fingerprint density at radius 1 is 0.931 bits per heavy atom. The summed E-state index contributed by atoms with van der Waals surface area (Å²) in [6.45, 7) is 0. The molecule has 0 amide bonds. The fourth-order valence-electron chi connectivity index (χ4n) is 2.98. The number of hydrogen-bond donors (Lipinski definition) is 0. The van der Waals surface area contributed by atoms with Crippen LogP contribution in [0, 0.1) is 5.82 Å². The summed E-state index contributed by atoms with van der Waals surface area (Å²) in [5, 5.41) is 0.307. The minimum atomic E-state index is -4.02. The predicted molar refractivity (Wildman–Crippen MR) is 108 cm³/mol. The lowest BCUT2D eigenvalue weighted by molar-refractivity contribution is 0.484. The standard InChI is InChI=1S/C22H15FO5S/c23-17-8-4-5-15(11-17)14-29(25,26)28-18-9-10-19-21(12-18)27-13-20(22(19)24)16-6-2-1-3-7-16/h1-13H,14H2. The van der Waals surface area contributed by atoms with Gasteiger partial charge in [-0.05, 0) is 35.4 Å². The molecule has 0 aliphatic rings. The van der Waals surface area contributed by atoms with E-state index in [1.54, 1.807) is 12.1 Å². The van der Waals surface area contributed by atoms with E-state index in [0.717, 1.165) is 11.6 Å².